The van der Waals surface area contributed by atoms with Gasteiger partial charge >= 0.3 is 5.97 Å². The standard InChI is InChI=1S/C19H24N2O6/c1-3-17(22)20-11-4-7-15-13(8-11)19(25)21(2)14-6-5-12(9-18(23)24)27-16(14)10-26-15/h4,7-8,12,14,16H,3,5-6,9-10H2,1-2H3,(H,20,22)(H,23,24)/t12-,14+,16+/m0/s1. The van der Waals surface area contributed by atoms with Crippen molar-refractivity contribution in [2.75, 3.05) is 19.0 Å². The van der Waals surface area contributed by atoms with Crippen LogP contribution in [0.25, 0.3) is 0 Å². The maximum absolute atomic E-state index is 13.0. The Labute approximate surface area is 157 Å². The van der Waals surface area contributed by atoms with Crippen LogP contribution in [0.15, 0.2) is 18.2 Å². The van der Waals surface area contributed by atoms with Crippen LogP contribution >= 0.6 is 0 Å². The molecule has 0 unspecified atom stereocenters. The highest BCUT2D eigenvalue weighted by atomic mass is 16.5. The summed E-state index contributed by atoms with van der Waals surface area (Å²) in [5.41, 5.74) is 0.932. The van der Waals surface area contributed by atoms with Gasteiger partial charge in [0.25, 0.3) is 5.91 Å². The fourth-order valence-corrected chi connectivity index (χ4v) is 3.55. The van der Waals surface area contributed by atoms with Crippen LogP contribution in [-0.4, -0.2) is 59.7 Å². The number of rotatable bonds is 4. The summed E-state index contributed by atoms with van der Waals surface area (Å²) < 4.78 is 11.7. The number of likely N-dealkylation sites (N-methyl/N-ethyl adjacent to an activating group) is 1. The van der Waals surface area contributed by atoms with Gasteiger partial charge in [0.1, 0.15) is 18.5 Å². The molecule has 0 bridgehead atoms. The van der Waals surface area contributed by atoms with Crippen molar-refractivity contribution in [1.82, 2.24) is 4.90 Å². The Morgan fingerprint density at radius 3 is 2.81 bits per heavy atom. The zero-order chi connectivity index (χ0) is 19.6. The molecular formula is C19H24N2O6. The number of benzene rings is 1. The first kappa shape index (κ1) is 19.2. The quantitative estimate of drug-likeness (QED) is 0.831. The van der Waals surface area contributed by atoms with Gasteiger partial charge in [0, 0.05) is 19.2 Å². The Hall–Kier alpha value is -2.61. The molecule has 1 aromatic carbocycles. The lowest BCUT2D eigenvalue weighted by Gasteiger charge is -2.42. The summed E-state index contributed by atoms with van der Waals surface area (Å²) in [4.78, 5) is 37.2. The molecule has 0 radical (unpaired) electrons. The van der Waals surface area contributed by atoms with Crippen molar-refractivity contribution in [3.63, 3.8) is 0 Å². The topological polar surface area (TPSA) is 105 Å². The summed E-state index contributed by atoms with van der Waals surface area (Å²) in [6, 6.07) is 4.78. The van der Waals surface area contributed by atoms with Gasteiger partial charge in [-0.3, -0.25) is 14.4 Å². The van der Waals surface area contributed by atoms with E-state index in [1.165, 1.54) is 0 Å². The number of nitrogens with one attached hydrogen (secondary N) is 1. The van der Waals surface area contributed by atoms with E-state index in [2.05, 4.69) is 5.32 Å². The van der Waals surface area contributed by atoms with Crippen LogP contribution in [-0.2, 0) is 14.3 Å². The number of hydrogen-bond acceptors (Lipinski definition) is 5. The minimum Gasteiger partial charge on any atom is -0.490 e. The lowest BCUT2D eigenvalue weighted by atomic mass is 9.94. The predicted octanol–water partition coefficient (Wildman–Crippen LogP) is 1.89. The van der Waals surface area contributed by atoms with Gasteiger partial charge in [0.05, 0.1) is 24.1 Å². The van der Waals surface area contributed by atoms with Crippen molar-refractivity contribution in [1.29, 1.82) is 0 Å². The lowest BCUT2D eigenvalue weighted by molar-refractivity contribution is -0.148. The maximum atomic E-state index is 13.0. The van der Waals surface area contributed by atoms with Crippen LogP contribution in [0.5, 0.6) is 5.75 Å². The molecule has 146 valence electrons. The molecule has 8 nitrogen and oxygen atoms in total. The minimum absolute atomic E-state index is 0.0576. The third-order valence-electron chi connectivity index (χ3n) is 5.02. The van der Waals surface area contributed by atoms with E-state index in [1.807, 2.05) is 0 Å². The molecule has 2 N–H and O–H groups in total. The zero-order valence-electron chi connectivity index (χ0n) is 15.4. The average molecular weight is 376 g/mol. The van der Waals surface area contributed by atoms with E-state index >= 15 is 0 Å². The highest BCUT2D eigenvalue weighted by Crippen LogP contribution is 2.32. The Kier molecular flexibility index (Phi) is 5.65. The molecule has 27 heavy (non-hydrogen) atoms. The molecule has 0 aromatic heterocycles. The minimum atomic E-state index is -0.901. The van der Waals surface area contributed by atoms with Gasteiger partial charge in [-0.15, -0.1) is 0 Å². The number of fused-ring (bicyclic) bond motifs is 2. The SMILES string of the molecule is CCC(=O)Nc1ccc2c(c1)C(=O)N(C)[C@@H]1CC[C@@H](CC(=O)O)O[C@@H]1CO2. The largest absolute Gasteiger partial charge is 0.490 e. The summed E-state index contributed by atoms with van der Waals surface area (Å²) in [5, 5.41) is 11.7. The molecule has 0 spiro atoms. The van der Waals surface area contributed by atoms with Gasteiger partial charge < -0.3 is 24.8 Å². The summed E-state index contributed by atoms with van der Waals surface area (Å²) >= 11 is 0. The second-order valence-electron chi connectivity index (χ2n) is 6.88. The molecule has 2 heterocycles. The van der Waals surface area contributed by atoms with Gasteiger partial charge in [-0.25, -0.2) is 0 Å². The van der Waals surface area contributed by atoms with Crippen LogP contribution in [0.1, 0.15) is 43.0 Å². The summed E-state index contributed by atoms with van der Waals surface area (Å²) in [5.74, 6) is -0.828. The van der Waals surface area contributed by atoms with Gasteiger partial charge in [-0.05, 0) is 31.0 Å². The predicted molar refractivity (Wildman–Crippen MR) is 96.9 cm³/mol. The van der Waals surface area contributed by atoms with Crippen molar-refractivity contribution < 1.29 is 29.0 Å². The van der Waals surface area contributed by atoms with Crippen molar-refractivity contribution in [3.8, 4) is 5.75 Å². The number of carbonyl (C=O) groups is 3. The molecule has 1 fully saturated rings. The summed E-state index contributed by atoms with van der Waals surface area (Å²) in [6.45, 7) is 1.98. The molecule has 0 aliphatic carbocycles. The lowest BCUT2D eigenvalue weighted by Crippen LogP contribution is -2.53. The number of aliphatic carboxylic acids is 1. The molecule has 1 saturated heterocycles. The fourth-order valence-electron chi connectivity index (χ4n) is 3.55. The highest BCUT2D eigenvalue weighted by Gasteiger charge is 2.39. The van der Waals surface area contributed by atoms with Gasteiger partial charge in [0.2, 0.25) is 5.91 Å². The van der Waals surface area contributed by atoms with E-state index in [1.54, 1.807) is 37.1 Å². The molecule has 8 heteroatoms. The molecule has 1 aromatic rings. The number of carboxylic acid groups (broad SMARTS) is 1. The van der Waals surface area contributed by atoms with Crippen LogP contribution < -0.4 is 10.1 Å². The van der Waals surface area contributed by atoms with Crippen molar-refractivity contribution >= 4 is 23.5 Å². The molecule has 2 aliphatic rings. The number of ether oxygens (including phenoxy) is 2. The first-order chi connectivity index (χ1) is 12.9. The third kappa shape index (κ3) is 4.21. The first-order valence-electron chi connectivity index (χ1n) is 9.10. The Bertz CT molecular complexity index is 750. The van der Waals surface area contributed by atoms with Crippen molar-refractivity contribution in [3.05, 3.63) is 23.8 Å². The number of amides is 2. The number of anilines is 1. The van der Waals surface area contributed by atoms with E-state index in [0.29, 0.717) is 36.3 Å². The van der Waals surface area contributed by atoms with Crippen LogP contribution in [0.4, 0.5) is 5.69 Å². The molecule has 3 atom stereocenters. The van der Waals surface area contributed by atoms with Crippen molar-refractivity contribution in [2.24, 2.45) is 0 Å². The first-order valence-corrected chi connectivity index (χ1v) is 9.10. The number of hydrogen-bond donors (Lipinski definition) is 2. The Morgan fingerprint density at radius 2 is 2.11 bits per heavy atom. The third-order valence-corrected chi connectivity index (χ3v) is 5.02. The van der Waals surface area contributed by atoms with Crippen LogP contribution in [0, 0.1) is 0 Å². The molecular weight excluding hydrogens is 352 g/mol. The fraction of sp³-hybridized carbons (Fsp3) is 0.526. The number of nitrogens with zero attached hydrogens (tertiary/aromatic N) is 1. The second kappa shape index (κ2) is 7.96. The van der Waals surface area contributed by atoms with E-state index in [-0.39, 0.29) is 43.1 Å². The van der Waals surface area contributed by atoms with Crippen molar-refractivity contribution in [2.45, 2.75) is 50.9 Å². The summed E-state index contributed by atoms with van der Waals surface area (Å²) in [6.07, 6.45) is 0.754. The Balaban J connectivity index is 1.82. The van der Waals surface area contributed by atoms with Crippen LogP contribution in [0.3, 0.4) is 0 Å². The van der Waals surface area contributed by atoms with Gasteiger partial charge in [-0.1, -0.05) is 6.92 Å². The number of carbonyl (C=O) groups excluding carboxylic acids is 2. The van der Waals surface area contributed by atoms with Gasteiger partial charge in [0.15, 0.2) is 0 Å². The van der Waals surface area contributed by atoms with Gasteiger partial charge in [-0.2, -0.15) is 0 Å². The number of carboxylic acids is 1. The van der Waals surface area contributed by atoms with Crippen LogP contribution in [0.2, 0.25) is 0 Å². The summed E-state index contributed by atoms with van der Waals surface area (Å²) in [7, 11) is 1.72. The monoisotopic (exact) mass is 376 g/mol. The molecule has 3 rings (SSSR count). The normalized spacial score (nSPS) is 24.7. The van der Waals surface area contributed by atoms with E-state index < -0.39 is 5.97 Å². The van der Waals surface area contributed by atoms with E-state index in [0.717, 1.165) is 0 Å². The average Bonchev–Trinajstić information content (AvgIpc) is 2.64. The second-order valence-corrected chi connectivity index (χ2v) is 6.88. The maximum Gasteiger partial charge on any atom is 0.305 e. The smallest absolute Gasteiger partial charge is 0.305 e. The molecule has 2 amide bonds. The molecule has 2 aliphatic heterocycles. The zero-order valence-corrected chi connectivity index (χ0v) is 15.4. The van der Waals surface area contributed by atoms with E-state index in [4.69, 9.17) is 14.6 Å². The Morgan fingerprint density at radius 1 is 1.33 bits per heavy atom. The van der Waals surface area contributed by atoms with E-state index in [9.17, 15) is 14.4 Å². The highest BCUT2D eigenvalue weighted by molar-refractivity contribution is 5.99. The molecule has 0 saturated carbocycles.